The number of hydrogen-bond acceptors (Lipinski definition) is 3. The molecule has 0 amide bonds. The fourth-order valence-corrected chi connectivity index (χ4v) is 3.84. The molecule has 27 heavy (non-hydrogen) atoms. The van der Waals surface area contributed by atoms with Gasteiger partial charge in [0, 0.05) is 23.1 Å². The van der Waals surface area contributed by atoms with Crippen LogP contribution in [-0.4, -0.2) is 15.2 Å². The monoisotopic (exact) mass is 351 g/mol. The zero-order valence-electron chi connectivity index (χ0n) is 14.6. The number of nitrogens with zero attached hydrogens (tertiary/aromatic N) is 1. The van der Waals surface area contributed by atoms with Crippen LogP contribution in [-0.2, 0) is 6.42 Å². The van der Waals surface area contributed by atoms with Gasteiger partial charge in [-0.15, -0.1) is 0 Å². The lowest BCUT2D eigenvalue weighted by Crippen LogP contribution is -1.95. The van der Waals surface area contributed by atoms with Gasteiger partial charge in [0.15, 0.2) is 0 Å². The quantitative estimate of drug-likeness (QED) is 0.448. The first-order chi connectivity index (χ1) is 13.2. The minimum absolute atomic E-state index is 0.194. The lowest BCUT2D eigenvalue weighted by atomic mass is 9.95. The van der Waals surface area contributed by atoms with Crippen molar-refractivity contribution in [2.24, 2.45) is 0 Å². The summed E-state index contributed by atoms with van der Waals surface area (Å²) in [5.41, 5.74) is 7.48. The Labute approximate surface area is 157 Å². The Balaban J connectivity index is 1.83. The second kappa shape index (κ2) is 5.99. The Morgan fingerprint density at radius 3 is 1.93 bits per heavy atom. The molecule has 1 aromatic heterocycles. The molecule has 1 aliphatic rings. The largest absolute Gasteiger partial charge is 0.507 e. The number of phenolic OH excluding ortho intramolecular Hbond substituents is 2. The van der Waals surface area contributed by atoms with Crippen molar-refractivity contribution in [2.75, 3.05) is 0 Å². The van der Waals surface area contributed by atoms with E-state index in [1.165, 1.54) is 5.56 Å². The smallest absolute Gasteiger partial charge is 0.124 e. The second-order valence-corrected chi connectivity index (χ2v) is 6.75. The number of phenols is 2. The number of aromatic hydroxyl groups is 2. The van der Waals surface area contributed by atoms with Crippen LogP contribution in [0.3, 0.4) is 0 Å². The summed E-state index contributed by atoms with van der Waals surface area (Å²) >= 11 is 0. The Morgan fingerprint density at radius 1 is 0.630 bits per heavy atom. The zero-order chi connectivity index (χ0) is 18.4. The van der Waals surface area contributed by atoms with Gasteiger partial charge in [0.2, 0.25) is 0 Å². The van der Waals surface area contributed by atoms with Gasteiger partial charge < -0.3 is 10.2 Å². The fraction of sp³-hybridized carbons (Fsp3) is 0.0417. The van der Waals surface area contributed by atoms with E-state index in [4.69, 9.17) is 4.98 Å². The summed E-state index contributed by atoms with van der Waals surface area (Å²) in [5, 5.41) is 20.8. The molecule has 0 unspecified atom stereocenters. The third-order valence-corrected chi connectivity index (χ3v) is 5.14. The molecule has 3 nitrogen and oxygen atoms in total. The first kappa shape index (κ1) is 15.6. The van der Waals surface area contributed by atoms with E-state index in [0.29, 0.717) is 11.3 Å². The van der Waals surface area contributed by atoms with E-state index < -0.39 is 0 Å². The summed E-state index contributed by atoms with van der Waals surface area (Å²) in [6, 6.07) is 24.8. The van der Waals surface area contributed by atoms with Crippen molar-refractivity contribution < 1.29 is 10.2 Å². The van der Waals surface area contributed by atoms with Gasteiger partial charge in [0.25, 0.3) is 0 Å². The molecule has 0 aliphatic heterocycles. The van der Waals surface area contributed by atoms with Gasteiger partial charge in [-0.1, -0.05) is 54.6 Å². The third-order valence-electron chi connectivity index (χ3n) is 5.14. The van der Waals surface area contributed by atoms with Crippen molar-refractivity contribution in [2.45, 2.75) is 6.42 Å². The number of benzene rings is 3. The molecule has 2 N–H and O–H groups in total. The maximum absolute atomic E-state index is 10.5. The van der Waals surface area contributed by atoms with Gasteiger partial charge in [0.05, 0.1) is 11.4 Å². The number of rotatable bonds is 2. The summed E-state index contributed by atoms with van der Waals surface area (Å²) in [6.07, 6.45) is 0.781. The molecule has 0 radical (unpaired) electrons. The molecule has 0 bridgehead atoms. The minimum Gasteiger partial charge on any atom is -0.507 e. The predicted molar refractivity (Wildman–Crippen MR) is 107 cm³/mol. The minimum atomic E-state index is 0.194. The molecule has 3 heteroatoms. The van der Waals surface area contributed by atoms with Crippen molar-refractivity contribution in [1.29, 1.82) is 0 Å². The van der Waals surface area contributed by atoms with E-state index in [0.717, 1.165) is 34.4 Å². The molecule has 4 aromatic rings. The molecule has 3 aromatic carbocycles. The topological polar surface area (TPSA) is 53.4 Å². The summed E-state index contributed by atoms with van der Waals surface area (Å²) in [5.74, 6) is 0.435. The van der Waals surface area contributed by atoms with E-state index in [-0.39, 0.29) is 11.5 Å². The molecule has 130 valence electrons. The third kappa shape index (κ3) is 2.48. The van der Waals surface area contributed by atoms with Crippen LogP contribution >= 0.6 is 0 Å². The molecular formula is C24H17NO2. The van der Waals surface area contributed by atoms with Gasteiger partial charge in [-0.2, -0.15) is 0 Å². The molecule has 0 spiro atoms. The van der Waals surface area contributed by atoms with Crippen LogP contribution in [0.15, 0.2) is 78.9 Å². The van der Waals surface area contributed by atoms with Gasteiger partial charge in [-0.3, -0.25) is 0 Å². The average molecular weight is 351 g/mol. The maximum Gasteiger partial charge on any atom is 0.124 e. The molecular weight excluding hydrogens is 334 g/mol. The summed E-state index contributed by atoms with van der Waals surface area (Å²) < 4.78 is 0. The van der Waals surface area contributed by atoms with Crippen LogP contribution < -0.4 is 0 Å². The highest BCUT2D eigenvalue weighted by molar-refractivity contribution is 5.87. The second-order valence-electron chi connectivity index (χ2n) is 6.75. The molecule has 1 heterocycles. The van der Waals surface area contributed by atoms with Gasteiger partial charge in [-0.05, 0) is 41.0 Å². The SMILES string of the molecule is Oc1ccccc1-c1cc(-c2ccccc2O)c2c(n1)-c1ccccc1C2. The van der Waals surface area contributed by atoms with E-state index in [1.54, 1.807) is 18.2 Å². The van der Waals surface area contributed by atoms with Gasteiger partial charge in [-0.25, -0.2) is 4.98 Å². The van der Waals surface area contributed by atoms with Crippen LogP contribution in [0.1, 0.15) is 11.1 Å². The van der Waals surface area contributed by atoms with Crippen LogP contribution in [0, 0.1) is 0 Å². The first-order valence-corrected chi connectivity index (χ1v) is 8.91. The standard InChI is InChI=1S/C24H17NO2/c26-22-11-5-3-9-17(22)19-14-21(18-10-4-6-12-23(18)27)25-24-16-8-2-1-7-15(16)13-20(19)24/h1-12,14,26-27H,13H2. The van der Waals surface area contributed by atoms with Gasteiger partial charge >= 0.3 is 0 Å². The van der Waals surface area contributed by atoms with E-state index in [2.05, 4.69) is 12.1 Å². The van der Waals surface area contributed by atoms with Crippen molar-refractivity contribution in [3.63, 3.8) is 0 Å². The number of para-hydroxylation sites is 2. The highest BCUT2D eigenvalue weighted by Gasteiger charge is 2.25. The highest BCUT2D eigenvalue weighted by Crippen LogP contribution is 2.44. The normalized spacial score (nSPS) is 11.9. The van der Waals surface area contributed by atoms with Crippen LogP contribution in [0.25, 0.3) is 33.6 Å². The summed E-state index contributed by atoms with van der Waals surface area (Å²) in [7, 11) is 0. The van der Waals surface area contributed by atoms with Crippen molar-refractivity contribution in [3.8, 4) is 45.1 Å². The van der Waals surface area contributed by atoms with Crippen molar-refractivity contribution in [3.05, 3.63) is 90.0 Å². The van der Waals surface area contributed by atoms with Crippen molar-refractivity contribution >= 4 is 0 Å². The van der Waals surface area contributed by atoms with E-state index in [9.17, 15) is 10.2 Å². The van der Waals surface area contributed by atoms with E-state index >= 15 is 0 Å². The molecule has 5 rings (SSSR count). The molecule has 0 saturated heterocycles. The molecule has 0 atom stereocenters. The molecule has 0 fully saturated rings. The van der Waals surface area contributed by atoms with E-state index in [1.807, 2.05) is 48.5 Å². The lowest BCUT2D eigenvalue weighted by Gasteiger charge is -2.14. The Morgan fingerprint density at radius 2 is 1.22 bits per heavy atom. The fourth-order valence-electron chi connectivity index (χ4n) is 3.84. The molecule has 1 aliphatic carbocycles. The summed E-state index contributed by atoms with van der Waals surface area (Å²) in [6.45, 7) is 0. The number of hydrogen-bond donors (Lipinski definition) is 2. The number of aromatic nitrogens is 1. The number of pyridine rings is 1. The Bertz CT molecular complexity index is 1180. The average Bonchev–Trinajstić information content (AvgIpc) is 3.07. The van der Waals surface area contributed by atoms with Crippen molar-refractivity contribution in [1.82, 2.24) is 4.98 Å². The maximum atomic E-state index is 10.5. The van der Waals surface area contributed by atoms with Crippen LogP contribution in [0.2, 0.25) is 0 Å². The lowest BCUT2D eigenvalue weighted by molar-refractivity contribution is 0.477. The molecule has 0 saturated carbocycles. The number of fused-ring (bicyclic) bond motifs is 3. The summed E-state index contributed by atoms with van der Waals surface area (Å²) in [4.78, 5) is 4.90. The first-order valence-electron chi connectivity index (χ1n) is 8.91. The highest BCUT2D eigenvalue weighted by atomic mass is 16.3. The van der Waals surface area contributed by atoms with Gasteiger partial charge in [0.1, 0.15) is 11.5 Å². The Kier molecular flexibility index (Phi) is 3.47. The zero-order valence-corrected chi connectivity index (χ0v) is 14.6. The van der Waals surface area contributed by atoms with Crippen LogP contribution in [0.5, 0.6) is 11.5 Å². The Hall–Kier alpha value is -3.59. The predicted octanol–water partition coefficient (Wildman–Crippen LogP) is 5.40. The van der Waals surface area contributed by atoms with Crippen LogP contribution in [0.4, 0.5) is 0 Å².